The minimum absolute atomic E-state index is 0.456. The summed E-state index contributed by atoms with van der Waals surface area (Å²) in [6, 6.07) is 11.3. The molecule has 16 heavy (non-hydrogen) atoms. The van der Waals surface area contributed by atoms with E-state index in [-0.39, 0.29) is 0 Å². The van der Waals surface area contributed by atoms with Gasteiger partial charge in [-0.3, -0.25) is 0 Å². The third kappa shape index (κ3) is 2.83. The molecule has 1 unspecified atom stereocenters. The Hall–Kier alpha value is -0.860. The summed E-state index contributed by atoms with van der Waals surface area (Å²) in [5, 5.41) is 3.62. The third-order valence-electron chi connectivity index (χ3n) is 3.58. The van der Waals surface area contributed by atoms with E-state index in [1.807, 2.05) is 0 Å². The van der Waals surface area contributed by atoms with Crippen molar-refractivity contribution in [3.63, 3.8) is 0 Å². The summed E-state index contributed by atoms with van der Waals surface area (Å²) in [5.41, 5.74) is 7.19. The quantitative estimate of drug-likeness (QED) is 0.794. The fourth-order valence-corrected chi connectivity index (χ4v) is 2.44. The van der Waals surface area contributed by atoms with Crippen molar-refractivity contribution < 1.29 is 0 Å². The predicted molar refractivity (Wildman–Crippen MR) is 68.4 cm³/mol. The molecular weight excluding hydrogens is 196 g/mol. The van der Waals surface area contributed by atoms with Crippen LogP contribution < -0.4 is 11.1 Å². The van der Waals surface area contributed by atoms with Gasteiger partial charge in [-0.05, 0) is 24.3 Å². The molecule has 2 rings (SSSR count). The lowest BCUT2D eigenvalue weighted by Crippen LogP contribution is -2.42. The largest absolute Gasteiger partial charge is 0.330 e. The highest BCUT2D eigenvalue weighted by molar-refractivity contribution is 5.20. The van der Waals surface area contributed by atoms with Gasteiger partial charge in [0.1, 0.15) is 0 Å². The Balaban J connectivity index is 1.82. The molecule has 0 heterocycles. The fraction of sp³-hybridized carbons (Fsp3) is 0.571. The summed E-state index contributed by atoms with van der Waals surface area (Å²) < 4.78 is 0. The zero-order chi connectivity index (χ0) is 11.4. The first-order chi connectivity index (χ1) is 7.79. The monoisotopic (exact) mass is 218 g/mol. The van der Waals surface area contributed by atoms with E-state index in [0.717, 1.165) is 25.0 Å². The molecule has 1 atom stereocenters. The van der Waals surface area contributed by atoms with E-state index in [9.17, 15) is 0 Å². The van der Waals surface area contributed by atoms with Gasteiger partial charge in [0.2, 0.25) is 0 Å². The Morgan fingerprint density at radius 3 is 2.56 bits per heavy atom. The molecule has 1 aliphatic carbocycles. The van der Waals surface area contributed by atoms with Crippen molar-refractivity contribution in [2.45, 2.75) is 31.7 Å². The molecule has 2 nitrogen and oxygen atoms in total. The Labute approximate surface area is 98.2 Å². The van der Waals surface area contributed by atoms with Crippen molar-refractivity contribution >= 4 is 0 Å². The fourth-order valence-electron chi connectivity index (χ4n) is 2.44. The summed E-state index contributed by atoms with van der Waals surface area (Å²) in [6.45, 7) is 4.05. The molecule has 1 saturated carbocycles. The van der Waals surface area contributed by atoms with Crippen LogP contribution in [0.5, 0.6) is 0 Å². The highest BCUT2D eigenvalue weighted by Gasteiger charge is 2.25. The number of benzene rings is 1. The van der Waals surface area contributed by atoms with Crippen LogP contribution in [0, 0.1) is 5.92 Å². The lowest BCUT2D eigenvalue weighted by molar-refractivity contribution is 0.239. The lowest BCUT2D eigenvalue weighted by Gasteiger charge is -2.34. The van der Waals surface area contributed by atoms with Gasteiger partial charge in [0.15, 0.2) is 0 Å². The van der Waals surface area contributed by atoms with Crippen LogP contribution in [0.3, 0.4) is 0 Å². The van der Waals surface area contributed by atoms with Crippen molar-refractivity contribution in [2.75, 3.05) is 13.1 Å². The summed E-state index contributed by atoms with van der Waals surface area (Å²) in [6.07, 6.45) is 2.65. The molecule has 0 saturated heterocycles. The van der Waals surface area contributed by atoms with Crippen LogP contribution in [0.25, 0.3) is 0 Å². The topological polar surface area (TPSA) is 38.0 Å². The lowest BCUT2D eigenvalue weighted by atomic mass is 9.81. The summed E-state index contributed by atoms with van der Waals surface area (Å²) in [7, 11) is 0. The zero-order valence-electron chi connectivity index (χ0n) is 10.0. The molecule has 1 aromatic rings. The second kappa shape index (κ2) is 5.46. The molecule has 0 radical (unpaired) electrons. The van der Waals surface area contributed by atoms with Crippen LogP contribution in [-0.4, -0.2) is 19.1 Å². The number of hydrogen-bond acceptors (Lipinski definition) is 2. The maximum atomic E-state index is 5.84. The first-order valence-corrected chi connectivity index (χ1v) is 6.28. The Kier molecular flexibility index (Phi) is 3.97. The standard InChI is InChI=1S/C14H22N2/c1-11-7-14(8-11)16-10-13(9-15)12-5-3-2-4-6-12/h2-6,11,13-14,16H,7-10,15H2,1H3. The molecule has 1 fully saturated rings. The van der Waals surface area contributed by atoms with Crippen molar-refractivity contribution in [3.05, 3.63) is 35.9 Å². The second-order valence-electron chi connectivity index (χ2n) is 5.03. The van der Waals surface area contributed by atoms with Gasteiger partial charge in [0, 0.05) is 25.0 Å². The maximum Gasteiger partial charge on any atom is 0.00864 e. The van der Waals surface area contributed by atoms with Gasteiger partial charge in [0.25, 0.3) is 0 Å². The van der Waals surface area contributed by atoms with E-state index in [0.29, 0.717) is 5.92 Å². The molecule has 0 amide bonds. The molecule has 1 aliphatic rings. The molecule has 0 aromatic heterocycles. The predicted octanol–water partition coefficient (Wildman–Crippen LogP) is 2.12. The average Bonchev–Trinajstić information content (AvgIpc) is 2.28. The van der Waals surface area contributed by atoms with Gasteiger partial charge in [-0.25, -0.2) is 0 Å². The highest BCUT2D eigenvalue weighted by atomic mass is 14.9. The first-order valence-electron chi connectivity index (χ1n) is 6.28. The third-order valence-corrected chi connectivity index (χ3v) is 3.58. The van der Waals surface area contributed by atoms with E-state index < -0.39 is 0 Å². The molecule has 0 aliphatic heterocycles. The van der Waals surface area contributed by atoms with E-state index in [2.05, 4.69) is 42.6 Å². The maximum absolute atomic E-state index is 5.84. The van der Waals surface area contributed by atoms with Crippen LogP contribution >= 0.6 is 0 Å². The van der Waals surface area contributed by atoms with Gasteiger partial charge < -0.3 is 11.1 Å². The Bertz CT molecular complexity index is 304. The minimum atomic E-state index is 0.456. The Morgan fingerprint density at radius 1 is 1.31 bits per heavy atom. The summed E-state index contributed by atoms with van der Waals surface area (Å²) in [4.78, 5) is 0. The smallest absolute Gasteiger partial charge is 0.00864 e. The molecule has 1 aromatic carbocycles. The van der Waals surface area contributed by atoms with Crippen LogP contribution in [0.1, 0.15) is 31.2 Å². The van der Waals surface area contributed by atoms with Gasteiger partial charge in [-0.15, -0.1) is 0 Å². The van der Waals surface area contributed by atoms with Gasteiger partial charge in [-0.1, -0.05) is 37.3 Å². The SMILES string of the molecule is CC1CC(NCC(CN)c2ccccc2)C1. The van der Waals surface area contributed by atoms with Crippen molar-refractivity contribution in [2.24, 2.45) is 11.7 Å². The zero-order valence-corrected chi connectivity index (χ0v) is 10.0. The number of rotatable bonds is 5. The van der Waals surface area contributed by atoms with E-state index in [1.165, 1.54) is 18.4 Å². The van der Waals surface area contributed by atoms with Crippen LogP contribution in [0.2, 0.25) is 0 Å². The summed E-state index contributed by atoms with van der Waals surface area (Å²) in [5.74, 6) is 1.36. The molecule has 0 bridgehead atoms. The second-order valence-corrected chi connectivity index (χ2v) is 5.03. The van der Waals surface area contributed by atoms with E-state index in [4.69, 9.17) is 5.73 Å². The average molecular weight is 218 g/mol. The molecular formula is C14H22N2. The van der Waals surface area contributed by atoms with E-state index in [1.54, 1.807) is 0 Å². The van der Waals surface area contributed by atoms with Gasteiger partial charge >= 0.3 is 0 Å². The Morgan fingerprint density at radius 2 is 2.00 bits per heavy atom. The van der Waals surface area contributed by atoms with Crippen LogP contribution in [-0.2, 0) is 0 Å². The van der Waals surface area contributed by atoms with Gasteiger partial charge in [0.05, 0.1) is 0 Å². The van der Waals surface area contributed by atoms with Crippen LogP contribution in [0.4, 0.5) is 0 Å². The summed E-state index contributed by atoms with van der Waals surface area (Å²) >= 11 is 0. The number of nitrogens with one attached hydrogen (secondary N) is 1. The number of hydrogen-bond donors (Lipinski definition) is 2. The van der Waals surface area contributed by atoms with Crippen molar-refractivity contribution in [3.8, 4) is 0 Å². The van der Waals surface area contributed by atoms with E-state index >= 15 is 0 Å². The molecule has 88 valence electrons. The molecule has 3 N–H and O–H groups in total. The first kappa shape index (κ1) is 11.6. The van der Waals surface area contributed by atoms with Crippen LogP contribution in [0.15, 0.2) is 30.3 Å². The normalized spacial score (nSPS) is 26.1. The molecule has 0 spiro atoms. The minimum Gasteiger partial charge on any atom is -0.330 e. The number of nitrogens with two attached hydrogens (primary N) is 1. The molecule has 2 heteroatoms. The van der Waals surface area contributed by atoms with Crippen molar-refractivity contribution in [1.82, 2.24) is 5.32 Å². The highest BCUT2D eigenvalue weighted by Crippen LogP contribution is 2.26. The van der Waals surface area contributed by atoms with Gasteiger partial charge in [-0.2, -0.15) is 0 Å². The van der Waals surface area contributed by atoms with Crippen molar-refractivity contribution in [1.29, 1.82) is 0 Å².